The molecule has 1 heterocycles. The molecule has 23 heavy (non-hydrogen) atoms. The van der Waals surface area contributed by atoms with Gasteiger partial charge in [-0.2, -0.15) is 0 Å². The molecule has 0 aromatic heterocycles. The number of amides is 1. The van der Waals surface area contributed by atoms with Crippen LogP contribution in [0.25, 0.3) is 0 Å². The molecule has 1 aliphatic rings. The van der Waals surface area contributed by atoms with Crippen LogP contribution in [0, 0.1) is 0 Å². The lowest BCUT2D eigenvalue weighted by Gasteiger charge is -2.51. The number of benzene rings is 2. The van der Waals surface area contributed by atoms with Gasteiger partial charge >= 0.3 is 0 Å². The van der Waals surface area contributed by atoms with Gasteiger partial charge in [-0.15, -0.1) is 0 Å². The summed E-state index contributed by atoms with van der Waals surface area (Å²) >= 11 is 0. The minimum absolute atomic E-state index is 0.00281. The van der Waals surface area contributed by atoms with E-state index in [0.717, 1.165) is 17.7 Å². The van der Waals surface area contributed by atoms with Crippen molar-refractivity contribution in [1.82, 2.24) is 0 Å². The highest BCUT2D eigenvalue weighted by Crippen LogP contribution is 2.51. The number of fused-ring (bicyclic) bond motifs is 1. The predicted octanol–water partition coefficient (Wildman–Crippen LogP) is 4.23. The van der Waals surface area contributed by atoms with Gasteiger partial charge in [-0.3, -0.25) is 4.79 Å². The van der Waals surface area contributed by atoms with Crippen molar-refractivity contribution in [3.05, 3.63) is 59.7 Å². The van der Waals surface area contributed by atoms with Gasteiger partial charge in [0.15, 0.2) is 0 Å². The Bertz CT molecular complexity index is 751. The molecule has 0 spiro atoms. The van der Waals surface area contributed by atoms with Gasteiger partial charge in [0, 0.05) is 23.9 Å². The molecular formula is C20H23NO2. The summed E-state index contributed by atoms with van der Waals surface area (Å²) in [6.07, 6.45) is 0.821. The normalized spacial score (nSPS) is 22.5. The first-order valence-corrected chi connectivity index (χ1v) is 7.95. The van der Waals surface area contributed by atoms with Crippen molar-refractivity contribution in [3.63, 3.8) is 0 Å². The Morgan fingerprint density at radius 3 is 2.35 bits per heavy atom. The number of nitrogens with zero attached hydrogens (tertiary/aromatic N) is 1. The first-order chi connectivity index (χ1) is 10.8. The molecule has 120 valence electrons. The SMILES string of the molecule is CC(=O)N1c2cc(O)ccc2C(C)(c2ccccc2)CC1(C)C. The molecule has 0 radical (unpaired) electrons. The molecule has 3 nitrogen and oxygen atoms in total. The van der Waals surface area contributed by atoms with Crippen molar-refractivity contribution in [1.29, 1.82) is 0 Å². The fourth-order valence-corrected chi connectivity index (χ4v) is 4.20. The van der Waals surface area contributed by atoms with E-state index in [1.54, 1.807) is 19.1 Å². The lowest BCUT2D eigenvalue weighted by molar-refractivity contribution is -0.117. The zero-order chi connectivity index (χ0) is 16.8. The third kappa shape index (κ3) is 2.40. The summed E-state index contributed by atoms with van der Waals surface area (Å²) in [4.78, 5) is 14.1. The van der Waals surface area contributed by atoms with Crippen LogP contribution in [0.15, 0.2) is 48.5 Å². The van der Waals surface area contributed by atoms with E-state index in [4.69, 9.17) is 0 Å². The summed E-state index contributed by atoms with van der Waals surface area (Å²) in [5.41, 5.74) is 2.57. The van der Waals surface area contributed by atoms with E-state index < -0.39 is 0 Å². The maximum absolute atomic E-state index is 12.3. The summed E-state index contributed by atoms with van der Waals surface area (Å²) in [6, 6.07) is 15.7. The monoisotopic (exact) mass is 309 g/mol. The largest absolute Gasteiger partial charge is 0.508 e. The molecule has 2 aromatic rings. The number of carbonyl (C=O) groups excluding carboxylic acids is 1. The number of aromatic hydroxyl groups is 1. The van der Waals surface area contributed by atoms with Crippen molar-refractivity contribution in [2.45, 2.75) is 45.1 Å². The van der Waals surface area contributed by atoms with E-state index >= 15 is 0 Å². The fourth-order valence-electron chi connectivity index (χ4n) is 4.20. The Hall–Kier alpha value is -2.29. The van der Waals surface area contributed by atoms with Crippen molar-refractivity contribution in [2.24, 2.45) is 0 Å². The standard InChI is InChI=1S/C20H23NO2/c1-14(22)21-18-12-16(23)10-11-17(18)20(4,13-19(21,2)3)15-8-6-5-7-9-15/h5-12,23H,13H2,1-4H3. The van der Waals surface area contributed by atoms with Crippen LogP contribution >= 0.6 is 0 Å². The van der Waals surface area contributed by atoms with Gasteiger partial charge in [0.1, 0.15) is 5.75 Å². The summed E-state index contributed by atoms with van der Waals surface area (Å²) in [6.45, 7) is 7.98. The average Bonchev–Trinajstić information content (AvgIpc) is 2.46. The first-order valence-electron chi connectivity index (χ1n) is 7.95. The highest BCUT2D eigenvalue weighted by Gasteiger charge is 2.47. The molecule has 3 rings (SSSR count). The summed E-state index contributed by atoms with van der Waals surface area (Å²) in [5, 5.41) is 9.96. The first kappa shape index (κ1) is 15.6. The van der Waals surface area contributed by atoms with E-state index in [1.165, 1.54) is 5.56 Å². The quantitative estimate of drug-likeness (QED) is 0.856. The van der Waals surface area contributed by atoms with Crippen molar-refractivity contribution in [3.8, 4) is 5.75 Å². The summed E-state index contributed by atoms with van der Waals surface area (Å²) in [5.74, 6) is 0.181. The molecule has 0 aliphatic carbocycles. The van der Waals surface area contributed by atoms with Crippen LogP contribution < -0.4 is 4.90 Å². The van der Waals surface area contributed by atoms with Gasteiger partial charge in [0.05, 0.1) is 5.69 Å². The lowest BCUT2D eigenvalue weighted by atomic mass is 9.65. The maximum Gasteiger partial charge on any atom is 0.224 e. The molecule has 1 atom stereocenters. The molecule has 3 heteroatoms. The molecule has 0 saturated heterocycles. The number of rotatable bonds is 1. The molecule has 0 saturated carbocycles. The molecule has 1 unspecified atom stereocenters. The molecule has 1 aliphatic heterocycles. The van der Waals surface area contributed by atoms with Gasteiger partial charge in [0.25, 0.3) is 0 Å². The maximum atomic E-state index is 12.3. The zero-order valence-corrected chi connectivity index (χ0v) is 14.1. The second-order valence-corrected chi connectivity index (χ2v) is 7.24. The van der Waals surface area contributed by atoms with E-state index in [1.807, 2.05) is 29.2 Å². The number of anilines is 1. The number of phenols is 1. The van der Waals surface area contributed by atoms with E-state index in [-0.39, 0.29) is 22.6 Å². The molecular weight excluding hydrogens is 286 g/mol. The third-order valence-electron chi connectivity index (χ3n) is 4.93. The summed E-state index contributed by atoms with van der Waals surface area (Å²) < 4.78 is 0. The third-order valence-corrected chi connectivity index (χ3v) is 4.93. The van der Waals surface area contributed by atoms with Gasteiger partial charge < -0.3 is 10.0 Å². The van der Waals surface area contributed by atoms with Crippen LogP contribution in [-0.2, 0) is 10.2 Å². The second-order valence-electron chi connectivity index (χ2n) is 7.24. The smallest absolute Gasteiger partial charge is 0.224 e. The Morgan fingerprint density at radius 2 is 1.74 bits per heavy atom. The number of phenolic OH excluding ortho intramolecular Hbond substituents is 1. The number of hydrogen-bond donors (Lipinski definition) is 1. The van der Waals surface area contributed by atoms with Crippen LogP contribution in [0.5, 0.6) is 5.75 Å². The highest BCUT2D eigenvalue weighted by atomic mass is 16.3. The van der Waals surface area contributed by atoms with Crippen molar-refractivity contribution < 1.29 is 9.90 Å². The van der Waals surface area contributed by atoms with Gasteiger partial charge in [-0.05, 0) is 37.5 Å². The predicted molar refractivity (Wildman–Crippen MR) is 92.9 cm³/mol. The van der Waals surface area contributed by atoms with Crippen LogP contribution in [0.2, 0.25) is 0 Å². The van der Waals surface area contributed by atoms with E-state index in [0.29, 0.717) is 0 Å². The Morgan fingerprint density at radius 1 is 1.09 bits per heavy atom. The highest BCUT2D eigenvalue weighted by molar-refractivity contribution is 5.95. The Kier molecular flexibility index (Phi) is 3.47. The van der Waals surface area contributed by atoms with Gasteiger partial charge in [-0.25, -0.2) is 0 Å². The fraction of sp³-hybridized carbons (Fsp3) is 0.350. The van der Waals surface area contributed by atoms with E-state index in [2.05, 4.69) is 32.9 Å². The molecule has 1 amide bonds. The minimum Gasteiger partial charge on any atom is -0.508 e. The topological polar surface area (TPSA) is 40.5 Å². The Labute approximate surface area is 137 Å². The summed E-state index contributed by atoms with van der Waals surface area (Å²) in [7, 11) is 0. The number of hydrogen-bond acceptors (Lipinski definition) is 2. The molecule has 2 aromatic carbocycles. The second kappa shape index (κ2) is 5.12. The van der Waals surface area contributed by atoms with E-state index in [9.17, 15) is 9.90 Å². The van der Waals surface area contributed by atoms with Crippen LogP contribution in [0.3, 0.4) is 0 Å². The molecule has 0 fully saturated rings. The minimum atomic E-state index is -0.336. The lowest BCUT2D eigenvalue weighted by Crippen LogP contribution is -2.55. The zero-order valence-electron chi connectivity index (χ0n) is 14.1. The van der Waals surface area contributed by atoms with Crippen LogP contribution in [-0.4, -0.2) is 16.6 Å². The van der Waals surface area contributed by atoms with Gasteiger partial charge in [-0.1, -0.05) is 43.3 Å². The average molecular weight is 309 g/mol. The van der Waals surface area contributed by atoms with Crippen LogP contribution in [0.4, 0.5) is 5.69 Å². The molecule has 1 N–H and O–H groups in total. The Balaban J connectivity index is 2.30. The van der Waals surface area contributed by atoms with Crippen LogP contribution in [0.1, 0.15) is 45.2 Å². The number of carbonyl (C=O) groups is 1. The molecule has 0 bridgehead atoms. The van der Waals surface area contributed by atoms with Gasteiger partial charge in [0.2, 0.25) is 5.91 Å². The van der Waals surface area contributed by atoms with Crippen molar-refractivity contribution in [2.75, 3.05) is 4.90 Å². The van der Waals surface area contributed by atoms with Crippen molar-refractivity contribution >= 4 is 11.6 Å².